The summed E-state index contributed by atoms with van der Waals surface area (Å²) in [5.41, 5.74) is 0.993. The van der Waals surface area contributed by atoms with Crippen molar-refractivity contribution in [2.75, 3.05) is 21.2 Å². The van der Waals surface area contributed by atoms with E-state index in [4.69, 9.17) is 4.74 Å². The molecule has 0 amide bonds. The van der Waals surface area contributed by atoms with Crippen molar-refractivity contribution in [1.82, 2.24) is 4.90 Å². The molecule has 0 aliphatic carbocycles. The highest BCUT2D eigenvalue weighted by molar-refractivity contribution is 7.90. The number of nitrogens with zero attached hydrogens (tertiary/aromatic N) is 2. The van der Waals surface area contributed by atoms with Gasteiger partial charge in [-0.25, -0.2) is 0 Å². The number of hydrogen-bond donors (Lipinski definition) is 0. The molecule has 1 aromatic rings. The zero-order valence-corrected chi connectivity index (χ0v) is 11.2. The Labute approximate surface area is 102 Å². The molecule has 0 radical (unpaired) electrons. The minimum absolute atomic E-state index is 0.0468. The maximum Gasteiger partial charge on any atom is 0.302 e. The lowest BCUT2D eigenvalue weighted by Crippen LogP contribution is -2.24. The largest absolute Gasteiger partial charge is 0.468 e. The summed E-state index contributed by atoms with van der Waals surface area (Å²) in [7, 11) is 0.986. The molecule has 0 aliphatic rings. The quantitative estimate of drug-likeness (QED) is 0.590. The Morgan fingerprint density at radius 3 is 2.18 bits per heavy atom. The molecule has 0 bridgehead atoms. The second-order valence-corrected chi connectivity index (χ2v) is 5.36. The lowest BCUT2D eigenvalue weighted by atomic mass is 10.2. The summed E-state index contributed by atoms with van der Waals surface area (Å²) in [6.45, 7) is 1.89. The smallest absolute Gasteiger partial charge is 0.302 e. The SMILES string of the molecule is CO/C(=N/S(=O)(=O)c1ccc(C)cc1)N(C)C. The number of aryl methyl sites for hydroxylation is 1. The van der Waals surface area contributed by atoms with Gasteiger partial charge in [0.2, 0.25) is 0 Å². The molecule has 0 aromatic heterocycles. The minimum atomic E-state index is -3.71. The molecule has 0 saturated heterocycles. The third-order valence-electron chi connectivity index (χ3n) is 2.08. The third-order valence-corrected chi connectivity index (χ3v) is 3.35. The summed E-state index contributed by atoms with van der Waals surface area (Å²) in [4.78, 5) is 1.64. The average molecular weight is 256 g/mol. The van der Waals surface area contributed by atoms with Crippen molar-refractivity contribution < 1.29 is 13.2 Å². The van der Waals surface area contributed by atoms with Crippen molar-refractivity contribution in [2.24, 2.45) is 4.40 Å². The third kappa shape index (κ3) is 3.45. The molecule has 0 fully saturated rings. The molecule has 0 atom stereocenters. The van der Waals surface area contributed by atoms with Crippen molar-refractivity contribution in [1.29, 1.82) is 0 Å². The first-order valence-corrected chi connectivity index (χ1v) is 6.44. The summed E-state index contributed by atoms with van der Waals surface area (Å²) in [5, 5.41) is 0. The lowest BCUT2D eigenvalue weighted by molar-refractivity contribution is 0.332. The Kier molecular flexibility index (Phi) is 4.11. The van der Waals surface area contributed by atoms with Gasteiger partial charge in [0, 0.05) is 14.1 Å². The van der Waals surface area contributed by atoms with Gasteiger partial charge >= 0.3 is 6.02 Å². The molecule has 0 unspecified atom stereocenters. The topological polar surface area (TPSA) is 59.0 Å². The minimum Gasteiger partial charge on any atom is -0.468 e. The van der Waals surface area contributed by atoms with Gasteiger partial charge in [-0.3, -0.25) is 0 Å². The van der Waals surface area contributed by atoms with E-state index < -0.39 is 10.0 Å². The number of sulfonamides is 1. The van der Waals surface area contributed by atoms with Gasteiger partial charge < -0.3 is 9.64 Å². The summed E-state index contributed by atoms with van der Waals surface area (Å²) < 4.78 is 32.4. The van der Waals surface area contributed by atoms with Crippen LogP contribution in [0, 0.1) is 6.92 Å². The van der Waals surface area contributed by atoms with Gasteiger partial charge in [-0.05, 0) is 19.1 Å². The Bertz CT molecular complexity index is 504. The van der Waals surface area contributed by atoms with Crippen LogP contribution in [0.15, 0.2) is 33.6 Å². The molecule has 0 spiro atoms. The predicted molar refractivity (Wildman–Crippen MR) is 66.5 cm³/mol. The molecule has 5 nitrogen and oxygen atoms in total. The van der Waals surface area contributed by atoms with E-state index in [0.29, 0.717) is 0 Å². The van der Waals surface area contributed by atoms with Crippen molar-refractivity contribution in [3.05, 3.63) is 29.8 Å². The molecule has 0 saturated carbocycles. The van der Waals surface area contributed by atoms with Gasteiger partial charge in [0.05, 0.1) is 12.0 Å². The molecule has 0 heterocycles. The first-order valence-electron chi connectivity index (χ1n) is 5.00. The average Bonchev–Trinajstić information content (AvgIpc) is 2.26. The van der Waals surface area contributed by atoms with Crippen LogP contribution in [0.5, 0.6) is 0 Å². The first-order chi connectivity index (χ1) is 7.86. The molecule has 6 heteroatoms. The van der Waals surface area contributed by atoms with Gasteiger partial charge in [0.25, 0.3) is 10.0 Å². The first kappa shape index (κ1) is 13.5. The highest BCUT2D eigenvalue weighted by Crippen LogP contribution is 2.13. The van der Waals surface area contributed by atoms with Crippen LogP contribution in [0.4, 0.5) is 0 Å². The second-order valence-electron chi connectivity index (χ2n) is 3.76. The Balaban J connectivity index is 3.16. The van der Waals surface area contributed by atoms with Gasteiger partial charge in [0.1, 0.15) is 0 Å². The van der Waals surface area contributed by atoms with Crippen molar-refractivity contribution in [3.63, 3.8) is 0 Å². The standard InChI is InChI=1S/C11H16N2O3S/c1-9-5-7-10(8-6-9)17(14,15)12-11(16-4)13(2)3/h5-8H,1-4H3/b12-11+. The number of amidine groups is 1. The van der Waals surface area contributed by atoms with E-state index in [1.807, 2.05) is 6.92 Å². The molecule has 1 aromatic carbocycles. The van der Waals surface area contributed by atoms with Gasteiger partial charge in [-0.2, -0.15) is 8.42 Å². The predicted octanol–water partition coefficient (Wildman–Crippen LogP) is 1.25. The van der Waals surface area contributed by atoms with Gasteiger partial charge in [-0.1, -0.05) is 17.7 Å². The number of ether oxygens (including phenoxy) is 1. The Morgan fingerprint density at radius 2 is 1.76 bits per heavy atom. The molecule has 94 valence electrons. The van der Waals surface area contributed by atoms with Crippen LogP contribution in [-0.2, 0) is 14.8 Å². The van der Waals surface area contributed by atoms with Crippen LogP contribution in [0.3, 0.4) is 0 Å². The zero-order chi connectivity index (χ0) is 13.1. The van der Waals surface area contributed by atoms with E-state index in [9.17, 15) is 8.42 Å². The van der Waals surface area contributed by atoms with Crippen molar-refractivity contribution in [3.8, 4) is 0 Å². The van der Waals surface area contributed by atoms with Crippen LogP contribution in [0.25, 0.3) is 0 Å². The second kappa shape index (κ2) is 5.18. The maximum absolute atomic E-state index is 11.9. The molecule has 17 heavy (non-hydrogen) atoms. The molecule has 0 aliphatic heterocycles. The summed E-state index contributed by atoms with van der Waals surface area (Å²) >= 11 is 0. The highest BCUT2D eigenvalue weighted by atomic mass is 32.2. The van der Waals surface area contributed by atoms with E-state index in [2.05, 4.69) is 4.40 Å². The van der Waals surface area contributed by atoms with E-state index in [1.54, 1.807) is 26.2 Å². The van der Waals surface area contributed by atoms with E-state index in [0.717, 1.165) is 5.56 Å². The maximum atomic E-state index is 11.9. The summed E-state index contributed by atoms with van der Waals surface area (Å²) in [5.74, 6) is 0. The van der Waals surface area contributed by atoms with E-state index >= 15 is 0 Å². The molecular formula is C11H16N2O3S. The zero-order valence-electron chi connectivity index (χ0n) is 10.3. The monoisotopic (exact) mass is 256 g/mol. The molecule has 1 rings (SSSR count). The van der Waals surface area contributed by atoms with Crippen LogP contribution in [0.2, 0.25) is 0 Å². The van der Waals surface area contributed by atoms with Gasteiger partial charge in [0.15, 0.2) is 0 Å². The fraction of sp³-hybridized carbons (Fsp3) is 0.364. The van der Waals surface area contributed by atoms with Crippen LogP contribution >= 0.6 is 0 Å². The number of hydrogen-bond acceptors (Lipinski definition) is 3. The Hall–Kier alpha value is -1.56. The lowest BCUT2D eigenvalue weighted by Gasteiger charge is -2.12. The van der Waals surface area contributed by atoms with Crippen molar-refractivity contribution in [2.45, 2.75) is 11.8 Å². The summed E-state index contributed by atoms with van der Waals surface area (Å²) in [6, 6.07) is 6.55. The summed E-state index contributed by atoms with van der Waals surface area (Å²) in [6.07, 6.45) is 0. The van der Waals surface area contributed by atoms with Crippen molar-refractivity contribution >= 4 is 16.0 Å². The number of benzene rings is 1. The van der Waals surface area contributed by atoms with E-state index in [1.165, 1.54) is 24.1 Å². The van der Waals surface area contributed by atoms with Crippen LogP contribution < -0.4 is 0 Å². The fourth-order valence-corrected chi connectivity index (χ4v) is 2.20. The number of rotatable bonds is 2. The van der Waals surface area contributed by atoms with Gasteiger partial charge in [-0.15, -0.1) is 4.40 Å². The number of methoxy groups -OCH3 is 1. The van der Waals surface area contributed by atoms with Crippen LogP contribution in [-0.4, -0.2) is 40.5 Å². The molecule has 0 N–H and O–H groups in total. The highest BCUT2D eigenvalue weighted by Gasteiger charge is 2.15. The van der Waals surface area contributed by atoms with Crippen LogP contribution in [0.1, 0.15) is 5.56 Å². The normalized spacial score (nSPS) is 12.4. The molecular weight excluding hydrogens is 240 g/mol. The van der Waals surface area contributed by atoms with E-state index in [-0.39, 0.29) is 10.9 Å². The Morgan fingerprint density at radius 1 is 1.24 bits per heavy atom. The fourth-order valence-electron chi connectivity index (χ4n) is 1.17.